The van der Waals surface area contributed by atoms with Crippen LogP contribution in [-0.4, -0.2) is 31.0 Å². The predicted molar refractivity (Wildman–Crippen MR) is 77.9 cm³/mol. The van der Waals surface area contributed by atoms with Gasteiger partial charge in [0.05, 0.1) is 13.0 Å². The summed E-state index contributed by atoms with van der Waals surface area (Å²) in [5, 5.41) is 0. The van der Waals surface area contributed by atoms with Crippen molar-refractivity contribution < 1.29 is 9.53 Å². The van der Waals surface area contributed by atoms with Crippen LogP contribution in [0.5, 0.6) is 5.75 Å². The molecular weight excluding hydrogens is 308 g/mol. The van der Waals surface area contributed by atoms with E-state index in [-0.39, 0.29) is 11.8 Å². The molecule has 0 aromatic heterocycles. The van der Waals surface area contributed by atoms with Crippen molar-refractivity contribution in [1.29, 1.82) is 0 Å². The fourth-order valence-corrected chi connectivity index (χ4v) is 2.95. The lowest BCUT2D eigenvalue weighted by atomic mass is 9.97. The standard InChI is InChI=1S/C14H19BrN2O2/c1-19-13-5-4-12(15)7-11(13)9-17-6-2-3-10(8-17)14(16)18/h4-5,7,10H,2-3,6,8-9H2,1H3,(H2,16,18). The van der Waals surface area contributed by atoms with Crippen LogP contribution in [0.2, 0.25) is 0 Å². The first-order chi connectivity index (χ1) is 9.10. The van der Waals surface area contributed by atoms with Gasteiger partial charge in [-0.15, -0.1) is 0 Å². The summed E-state index contributed by atoms with van der Waals surface area (Å²) >= 11 is 3.48. The smallest absolute Gasteiger partial charge is 0.221 e. The lowest BCUT2D eigenvalue weighted by Gasteiger charge is -2.31. The third-order valence-electron chi connectivity index (χ3n) is 3.54. The van der Waals surface area contributed by atoms with E-state index in [1.807, 2.05) is 12.1 Å². The number of benzene rings is 1. The number of methoxy groups -OCH3 is 1. The molecule has 4 nitrogen and oxygen atoms in total. The van der Waals surface area contributed by atoms with E-state index in [9.17, 15) is 4.79 Å². The van der Waals surface area contributed by atoms with E-state index >= 15 is 0 Å². The van der Waals surface area contributed by atoms with Gasteiger partial charge in [-0.3, -0.25) is 9.69 Å². The van der Waals surface area contributed by atoms with Gasteiger partial charge in [0.15, 0.2) is 0 Å². The van der Waals surface area contributed by atoms with Crippen molar-refractivity contribution in [1.82, 2.24) is 4.90 Å². The minimum atomic E-state index is -0.189. The molecule has 5 heteroatoms. The summed E-state index contributed by atoms with van der Waals surface area (Å²) in [7, 11) is 1.68. The lowest BCUT2D eigenvalue weighted by molar-refractivity contribution is -0.123. The minimum absolute atomic E-state index is 0.0214. The summed E-state index contributed by atoms with van der Waals surface area (Å²) in [6, 6.07) is 5.98. The second-order valence-electron chi connectivity index (χ2n) is 4.93. The molecule has 0 aliphatic carbocycles. The third kappa shape index (κ3) is 3.70. The van der Waals surface area contributed by atoms with Gasteiger partial charge in [-0.2, -0.15) is 0 Å². The van der Waals surface area contributed by atoms with Gasteiger partial charge in [-0.05, 0) is 37.6 Å². The Hall–Kier alpha value is -1.07. The molecule has 19 heavy (non-hydrogen) atoms. The van der Waals surface area contributed by atoms with E-state index in [4.69, 9.17) is 10.5 Å². The maximum atomic E-state index is 11.3. The van der Waals surface area contributed by atoms with Crippen LogP contribution in [0.3, 0.4) is 0 Å². The molecule has 1 unspecified atom stereocenters. The van der Waals surface area contributed by atoms with Crippen LogP contribution in [-0.2, 0) is 11.3 Å². The Balaban J connectivity index is 2.08. The Morgan fingerprint density at radius 2 is 2.37 bits per heavy atom. The van der Waals surface area contributed by atoms with E-state index in [2.05, 4.69) is 26.9 Å². The fourth-order valence-electron chi connectivity index (χ4n) is 2.54. The Labute approximate surface area is 122 Å². The van der Waals surface area contributed by atoms with Crippen molar-refractivity contribution >= 4 is 21.8 Å². The number of piperidine rings is 1. The number of carbonyl (C=O) groups excluding carboxylic acids is 1. The summed E-state index contributed by atoms with van der Waals surface area (Å²) in [5.41, 5.74) is 6.53. The molecule has 1 aliphatic rings. The molecule has 0 saturated carbocycles. The Bertz CT molecular complexity index is 465. The summed E-state index contributed by atoms with van der Waals surface area (Å²) < 4.78 is 6.41. The largest absolute Gasteiger partial charge is 0.496 e. The first-order valence-electron chi connectivity index (χ1n) is 6.44. The summed E-state index contributed by atoms with van der Waals surface area (Å²) in [6.07, 6.45) is 1.92. The lowest BCUT2D eigenvalue weighted by Crippen LogP contribution is -2.40. The average Bonchev–Trinajstić information content (AvgIpc) is 2.39. The second-order valence-corrected chi connectivity index (χ2v) is 5.85. The first kappa shape index (κ1) is 14.3. The molecule has 1 fully saturated rings. The molecule has 1 aliphatic heterocycles. The fraction of sp³-hybridized carbons (Fsp3) is 0.500. The van der Waals surface area contributed by atoms with Gasteiger partial charge in [0.25, 0.3) is 0 Å². The molecule has 0 bridgehead atoms. The number of nitrogens with two attached hydrogens (primary N) is 1. The van der Waals surface area contributed by atoms with Crippen LogP contribution in [0.4, 0.5) is 0 Å². The molecule has 1 atom stereocenters. The number of likely N-dealkylation sites (tertiary alicyclic amines) is 1. The van der Waals surface area contributed by atoms with Gasteiger partial charge in [-0.25, -0.2) is 0 Å². The van der Waals surface area contributed by atoms with Gasteiger partial charge >= 0.3 is 0 Å². The maximum Gasteiger partial charge on any atom is 0.221 e. The van der Waals surface area contributed by atoms with Crippen molar-refractivity contribution in [3.8, 4) is 5.75 Å². The minimum Gasteiger partial charge on any atom is -0.496 e. The maximum absolute atomic E-state index is 11.3. The highest BCUT2D eigenvalue weighted by atomic mass is 79.9. The van der Waals surface area contributed by atoms with Gasteiger partial charge in [0.1, 0.15) is 5.75 Å². The molecule has 0 spiro atoms. The number of hydrogen-bond donors (Lipinski definition) is 1. The summed E-state index contributed by atoms with van der Waals surface area (Å²) in [4.78, 5) is 13.6. The van der Waals surface area contributed by atoms with Crippen molar-refractivity contribution in [2.24, 2.45) is 11.7 Å². The van der Waals surface area contributed by atoms with E-state index < -0.39 is 0 Å². The SMILES string of the molecule is COc1ccc(Br)cc1CN1CCCC(C(N)=O)C1. The average molecular weight is 327 g/mol. The Morgan fingerprint density at radius 1 is 1.58 bits per heavy atom. The van der Waals surface area contributed by atoms with Crippen LogP contribution < -0.4 is 10.5 Å². The van der Waals surface area contributed by atoms with E-state index in [1.54, 1.807) is 7.11 Å². The molecule has 1 saturated heterocycles. The van der Waals surface area contributed by atoms with Crippen LogP contribution in [0.25, 0.3) is 0 Å². The molecule has 1 heterocycles. The van der Waals surface area contributed by atoms with Crippen LogP contribution in [0.15, 0.2) is 22.7 Å². The molecule has 0 radical (unpaired) electrons. The van der Waals surface area contributed by atoms with Gasteiger partial charge < -0.3 is 10.5 Å². The van der Waals surface area contributed by atoms with Crippen molar-refractivity contribution in [3.63, 3.8) is 0 Å². The monoisotopic (exact) mass is 326 g/mol. The predicted octanol–water partition coefficient (Wildman–Crippen LogP) is 2.15. The highest BCUT2D eigenvalue weighted by molar-refractivity contribution is 9.10. The Morgan fingerprint density at radius 3 is 3.05 bits per heavy atom. The number of carbonyl (C=O) groups is 1. The molecule has 1 aromatic rings. The number of primary amides is 1. The number of rotatable bonds is 4. The summed E-state index contributed by atoms with van der Waals surface area (Å²) in [6.45, 7) is 2.52. The number of amides is 1. The molecule has 2 rings (SSSR count). The second kappa shape index (κ2) is 6.39. The molecule has 1 amide bonds. The summed E-state index contributed by atoms with van der Waals surface area (Å²) in [5.74, 6) is 0.669. The van der Waals surface area contributed by atoms with Crippen molar-refractivity contribution in [2.45, 2.75) is 19.4 Å². The van der Waals surface area contributed by atoms with E-state index in [0.717, 1.165) is 48.3 Å². The van der Waals surface area contributed by atoms with E-state index in [0.29, 0.717) is 0 Å². The zero-order valence-electron chi connectivity index (χ0n) is 11.1. The molecular formula is C14H19BrN2O2. The van der Waals surface area contributed by atoms with Crippen molar-refractivity contribution in [3.05, 3.63) is 28.2 Å². The van der Waals surface area contributed by atoms with Crippen LogP contribution >= 0.6 is 15.9 Å². The number of halogens is 1. The number of ether oxygens (including phenoxy) is 1. The third-order valence-corrected chi connectivity index (χ3v) is 4.04. The van der Waals surface area contributed by atoms with Crippen LogP contribution in [0, 0.1) is 5.92 Å². The number of hydrogen-bond acceptors (Lipinski definition) is 3. The van der Waals surface area contributed by atoms with Crippen molar-refractivity contribution in [2.75, 3.05) is 20.2 Å². The highest BCUT2D eigenvalue weighted by Gasteiger charge is 2.24. The molecule has 104 valence electrons. The topological polar surface area (TPSA) is 55.6 Å². The zero-order valence-corrected chi connectivity index (χ0v) is 12.6. The quantitative estimate of drug-likeness (QED) is 0.922. The normalized spacial score (nSPS) is 20.2. The molecule has 1 aromatic carbocycles. The highest BCUT2D eigenvalue weighted by Crippen LogP contribution is 2.26. The van der Waals surface area contributed by atoms with Gasteiger partial charge in [0, 0.05) is 23.1 Å². The van der Waals surface area contributed by atoms with Gasteiger partial charge in [-0.1, -0.05) is 15.9 Å². The van der Waals surface area contributed by atoms with Crippen LogP contribution in [0.1, 0.15) is 18.4 Å². The van der Waals surface area contributed by atoms with E-state index in [1.165, 1.54) is 0 Å². The number of nitrogens with zero attached hydrogens (tertiary/aromatic N) is 1. The Kier molecular flexibility index (Phi) is 4.82. The molecule has 2 N–H and O–H groups in total. The zero-order chi connectivity index (χ0) is 13.8. The van der Waals surface area contributed by atoms with Gasteiger partial charge in [0.2, 0.25) is 5.91 Å². The first-order valence-corrected chi connectivity index (χ1v) is 7.23.